The Balaban J connectivity index is 1.89. The largest absolute Gasteiger partial charge is 0.449 e. The van der Waals surface area contributed by atoms with Crippen molar-refractivity contribution in [1.29, 1.82) is 0 Å². The smallest absolute Gasteiger partial charge is 0.338 e. The minimum absolute atomic E-state index is 0.225. The SMILES string of the molecule is CSc1ccc(C(=O)O[C@H](C)C(=O)NC2CC2)cc1. The highest BCUT2D eigenvalue weighted by atomic mass is 32.2. The third-order valence-corrected chi connectivity index (χ3v) is 3.65. The van der Waals surface area contributed by atoms with Gasteiger partial charge in [0.1, 0.15) is 0 Å². The zero-order chi connectivity index (χ0) is 13.8. The summed E-state index contributed by atoms with van der Waals surface area (Å²) in [6, 6.07) is 7.40. The Morgan fingerprint density at radius 2 is 1.95 bits per heavy atom. The predicted molar refractivity (Wildman–Crippen MR) is 74.3 cm³/mol. The van der Waals surface area contributed by atoms with E-state index in [4.69, 9.17) is 4.74 Å². The molecule has 1 fully saturated rings. The number of carbonyl (C=O) groups is 2. The molecule has 0 heterocycles. The number of hydrogen-bond donors (Lipinski definition) is 1. The molecule has 1 N–H and O–H groups in total. The van der Waals surface area contributed by atoms with Gasteiger partial charge in [0.25, 0.3) is 5.91 Å². The maximum atomic E-state index is 11.9. The summed E-state index contributed by atoms with van der Waals surface area (Å²) in [6.07, 6.45) is 3.25. The first kappa shape index (κ1) is 13.9. The number of benzene rings is 1. The van der Waals surface area contributed by atoms with Crippen molar-refractivity contribution >= 4 is 23.6 Å². The summed E-state index contributed by atoms with van der Waals surface area (Å²) in [5, 5.41) is 2.81. The fourth-order valence-corrected chi connectivity index (χ4v) is 1.96. The first-order valence-corrected chi connectivity index (χ1v) is 7.48. The molecular weight excluding hydrogens is 262 g/mol. The van der Waals surface area contributed by atoms with Crippen LogP contribution < -0.4 is 5.32 Å². The molecule has 0 aromatic heterocycles. The molecule has 1 amide bonds. The monoisotopic (exact) mass is 279 g/mol. The van der Waals surface area contributed by atoms with E-state index in [1.54, 1.807) is 30.8 Å². The van der Waals surface area contributed by atoms with Gasteiger partial charge in [0.05, 0.1) is 5.56 Å². The van der Waals surface area contributed by atoms with E-state index in [2.05, 4.69) is 5.32 Å². The maximum absolute atomic E-state index is 11.9. The van der Waals surface area contributed by atoms with Gasteiger partial charge in [-0.3, -0.25) is 4.79 Å². The van der Waals surface area contributed by atoms with E-state index in [0.29, 0.717) is 5.56 Å². The minimum Gasteiger partial charge on any atom is -0.449 e. The van der Waals surface area contributed by atoms with E-state index >= 15 is 0 Å². The Morgan fingerprint density at radius 3 is 2.47 bits per heavy atom. The summed E-state index contributed by atoms with van der Waals surface area (Å²) in [5.74, 6) is -0.692. The first-order chi connectivity index (χ1) is 9.10. The van der Waals surface area contributed by atoms with Gasteiger partial charge in [0.2, 0.25) is 0 Å². The van der Waals surface area contributed by atoms with Crippen LogP contribution in [0.1, 0.15) is 30.1 Å². The van der Waals surface area contributed by atoms with Crippen molar-refractivity contribution < 1.29 is 14.3 Å². The zero-order valence-corrected chi connectivity index (χ0v) is 11.8. The Morgan fingerprint density at radius 1 is 1.32 bits per heavy atom. The second-order valence-electron chi connectivity index (χ2n) is 4.56. The molecule has 1 saturated carbocycles. The lowest BCUT2D eigenvalue weighted by Crippen LogP contribution is -2.37. The number of esters is 1. The lowest BCUT2D eigenvalue weighted by atomic mass is 10.2. The molecule has 0 aliphatic heterocycles. The highest BCUT2D eigenvalue weighted by Crippen LogP contribution is 2.19. The highest BCUT2D eigenvalue weighted by Gasteiger charge is 2.27. The summed E-state index contributed by atoms with van der Waals surface area (Å²) in [5.41, 5.74) is 0.462. The minimum atomic E-state index is -0.756. The normalized spacial score (nSPS) is 15.7. The fraction of sp³-hybridized carbons (Fsp3) is 0.429. The Labute approximate surface area is 116 Å². The van der Waals surface area contributed by atoms with Crippen LogP contribution in [-0.4, -0.2) is 30.3 Å². The Kier molecular flexibility index (Phi) is 4.47. The van der Waals surface area contributed by atoms with Gasteiger partial charge in [-0.1, -0.05) is 0 Å². The maximum Gasteiger partial charge on any atom is 0.338 e. The molecule has 1 aliphatic rings. The van der Waals surface area contributed by atoms with Crippen molar-refractivity contribution in [3.8, 4) is 0 Å². The molecule has 4 nitrogen and oxygen atoms in total. The lowest BCUT2D eigenvalue weighted by Gasteiger charge is -2.13. The van der Waals surface area contributed by atoms with Gasteiger partial charge in [-0.25, -0.2) is 4.79 Å². The molecule has 19 heavy (non-hydrogen) atoms. The quantitative estimate of drug-likeness (QED) is 0.663. The molecule has 0 spiro atoms. The second-order valence-corrected chi connectivity index (χ2v) is 5.44. The summed E-state index contributed by atoms with van der Waals surface area (Å²) < 4.78 is 5.14. The fourth-order valence-electron chi connectivity index (χ4n) is 1.56. The van der Waals surface area contributed by atoms with Crippen LogP contribution in [0, 0.1) is 0 Å². The number of rotatable bonds is 5. The number of amides is 1. The summed E-state index contributed by atoms with van der Waals surface area (Å²) in [4.78, 5) is 24.6. The molecule has 1 aliphatic carbocycles. The molecule has 0 radical (unpaired) electrons. The Bertz CT molecular complexity index is 468. The first-order valence-electron chi connectivity index (χ1n) is 6.25. The molecule has 0 unspecified atom stereocenters. The van der Waals surface area contributed by atoms with Crippen molar-refractivity contribution in [3.63, 3.8) is 0 Å². The number of ether oxygens (including phenoxy) is 1. The van der Waals surface area contributed by atoms with Gasteiger partial charge >= 0.3 is 5.97 Å². The Hall–Kier alpha value is -1.49. The number of carbonyl (C=O) groups excluding carboxylic acids is 2. The second kappa shape index (κ2) is 6.10. The third kappa shape index (κ3) is 3.99. The lowest BCUT2D eigenvalue weighted by molar-refractivity contribution is -0.129. The van der Waals surface area contributed by atoms with E-state index in [9.17, 15) is 9.59 Å². The van der Waals surface area contributed by atoms with Crippen molar-refractivity contribution in [3.05, 3.63) is 29.8 Å². The molecule has 1 aromatic carbocycles. The van der Waals surface area contributed by atoms with E-state index in [1.807, 2.05) is 18.4 Å². The highest BCUT2D eigenvalue weighted by molar-refractivity contribution is 7.98. The molecule has 0 saturated heterocycles. The summed E-state index contributed by atoms with van der Waals surface area (Å²) in [7, 11) is 0. The number of nitrogens with one attached hydrogen (secondary N) is 1. The molecule has 5 heteroatoms. The van der Waals surface area contributed by atoms with E-state index in [-0.39, 0.29) is 11.9 Å². The van der Waals surface area contributed by atoms with Crippen LogP contribution in [0.2, 0.25) is 0 Å². The van der Waals surface area contributed by atoms with Crippen LogP contribution in [0.4, 0.5) is 0 Å². The topological polar surface area (TPSA) is 55.4 Å². The van der Waals surface area contributed by atoms with Gasteiger partial charge < -0.3 is 10.1 Å². The molecular formula is C14H17NO3S. The predicted octanol–water partition coefficient (Wildman–Crippen LogP) is 2.23. The van der Waals surface area contributed by atoms with E-state index < -0.39 is 12.1 Å². The zero-order valence-electron chi connectivity index (χ0n) is 11.0. The third-order valence-electron chi connectivity index (χ3n) is 2.90. The van der Waals surface area contributed by atoms with E-state index in [1.165, 1.54) is 0 Å². The average Bonchev–Trinajstić information content (AvgIpc) is 3.22. The molecule has 1 atom stereocenters. The van der Waals surface area contributed by atoms with Crippen LogP contribution in [0.25, 0.3) is 0 Å². The van der Waals surface area contributed by atoms with Crippen LogP contribution in [0.3, 0.4) is 0 Å². The van der Waals surface area contributed by atoms with Crippen LogP contribution >= 0.6 is 11.8 Å². The van der Waals surface area contributed by atoms with Gasteiger partial charge in [0.15, 0.2) is 6.10 Å². The van der Waals surface area contributed by atoms with Crippen molar-refractivity contribution in [2.45, 2.75) is 36.8 Å². The van der Waals surface area contributed by atoms with E-state index in [0.717, 1.165) is 17.7 Å². The number of thioether (sulfide) groups is 1. The molecule has 2 rings (SSSR count). The van der Waals surface area contributed by atoms with Gasteiger partial charge in [-0.15, -0.1) is 11.8 Å². The van der Waals surface area contributed by atoms with Crippen LogP contribution in [-0.2, 0) is 9.53 Å². The average molecular weight is 279 g/mol. The van der Waals surface area contributed by atoms with Crippen molar-refractivity contribution in [1.82, 2.24) is 5.32 Å². The number of hydrogen-bond acceptors (Lipinski definition) is 4. The van der Waals surface area contributed by atoms with Gasteiger partial charge in [-0.05, 0) is 50.3 Å². The summed E-state index contributed by atoms with van der Waals surface area (Å²) in [6.45, 7) is 1.59. The van der Waals surface area contributed by atoms with Crippen molar-refractivity contribution in [2.75, 3.05) is 6.26 Å². The summed E-state index contributed by atoms with van der Waals surface area (Å²) >= 11 is 1.61. The molecule has 0 bridgehead atoms. The van der Waals surface area contributed by atoms with Crippen LogP contribution in [0.5, 0.6) is 0 Å². The van der Waals surface area contributed by atoms with Gasteiger partial charge in [-0.2, -0.15) is 0 Å². The van der Waals surface area contributed by atoms with Crippen molar-refractivity contribution in [2.24, 2.45) is 0 Å². The molecule has 102 valence electrons. The van der Waals surface area contributed by atoms with Gasteiger partial charge in [0, 0.05) is 10.9 Å². The standard InChI is InChI=1S/C14H17NO3S/c1-9(13(16)15-11-5-6-11)18-14(17)10-3-7-12(19-2)8-4-10/h3-4,7-9,11H,5-6H2,1-2H3,(H,15,16)/t9-/m1/s1. The molecule has 1 aromatic rings. The van der Waals surface area contributed by atoms with Crippen LogP contribution in [0.15, 0.2) is 29.2 Å².